The van der Waals surface area contributed by atoms with E-state index in [0.717, 1.165) is 12.8 Å². The first-order valence-electron chi connectivity index (χ1n) is 11.5. The molecule has 1 aromatic heterocycles. The molecule has 0 spiro atoms. The third-order valence-electron chi connectivity index (χ3n) is 5.57. The lowest BCUT2D eigenvalue weighted by Gasteiger charge is -2.23. The van der Waals surface area contributed by atoms with Gasteiger partial charge in [0.15, 0.2) is 0 Å². The molecule has 192 valence electrons. The highest BCUT2D eigenvalue weighted by Gasteiger charge is 2.35. The Labute approximate surface area is 221 Å². The van der Waals surface area contributed by atoms with Gasteiger partial charge in [-0.15, -0.1) is 0 Å². The van der Waals surface area contributed by atoms with Crippen molar-refractivity contribution in [3.8, 4) is 0 Å². The Kier molecular flexibility index (Phi) is 8.10. The van der Waals surface area contributed by atoms with E-state index >= 15 is 0 Å². The fourth-order valence-corrected chi connectivity index (χ4v) is 4.14. The number of halogens is 2. The van der Waals surface area contributed by atoms with Gasteiger partial charge in [0.2, 0.25) is 17.8 Å². The number of amides is 2. The molecule has 4 rings (SSSR count). The minimum Gasteiger partial charge on any atom is -0.462 e. The molecule has 1 aliphatic rings. The zero-order valence-corrected chi connectivity index (χ0v) is 21.2. The summed E-state index contributed by atoms with van der Waals surface area (Å²) in [4.78, 5) is 57.3. The van der Waals surface area contributed by atoms with Gasteiger partial charge in [-0.25, -0.2) is 4.79 Å². The van der Waals surface area contributed by atoms with Gasteiger partial charge in [-0.05, 0) is 48.9 Å². The molecule has 2 heterocycles. The van der Waals surface area contributed by atoms with Gasteiger partial charge < -0.3 is 20.7 Å². The predicted molar refractivity (Wildman–Crippen MR) is 141 cm³/mol. The Morgan fingerprint density at radius 1 is 1.14 bits per heavy atom. The van der Waals surface area contributed by atoms with E-state index in [0.29, 0.717) is 33.6 Å². The lowest BCUT2D eigenvalue weighted by atomic mass is 9.92. The van der Waals surface area contributed by atoms with Gasteiger partial charge in [0.05, 0.1) is 34.4 Å². The molecule has 2 aromatic carbocycles. The van der Waals surface area contributed by atoms with Crippen LogP contribution in [0.5, 0.6) is 0 Å². The van der Waals surface area contributed by atoms with Crippen LogP contribution < -0.4 is 21.5 Å². The Hall–Kier alpha value is -3.89. The van der Waals surface area contributed by atoms with Crippen molar-refractivity contribution in [3.05, 3.63) is 74.0 Å². The molecule has 3 aromatic rings. The maximum absolute atomic E-state index is 13.1. The number of aromatic amines is 1. The van der Waals surface area contributed by atoms with Crippen molar-refractivity contribution in [3.63, 3.8) is 0 Å². The van der Waals surface area contributed by atoms with Crippen molar-refractivity contribution in [1.29, 1.82) is 0 Å². The summed E-state index contributed by atoms with van der Waals surface area (Å²) in [6.45, 7) is 2.33. The number of carbonyl (C=O) groups is 3. The Morgan fingerprint density at radius 2 is 1.89 bits per heavy atom. The lowest BCUT2D eigenvalue weighted by Crippen LogP contribution is -2.36. The fraction of sp³-hybridized carbons (Fsp3) is 0.240. The van der Waals surface area contributed by atoms with Crippen molar-refractivity contribution in [1.82, 2.24) is 9.97 Å². The number of hydrogen-bond donors (Lipinski definition) is 4. The molecule has 0 unspecified atom stereocenters. The highest BCUT2D eigenvalue weighted by Crippen LogP contribution is 2.31. The van der Waals surface area contributed by atoms with E-state index in [4.69, 9.17) is 27.9 Å². The van der Waals surface area contributed by atoms with Crippen molar-refractivity contribution in [2.45, 2.75) is 32.1 Å². The number of hydrogen-bond acceptors (Lipinski definition) is 7. The van der Waals surface area contributed by atoms with Crippen LogP contribution in [0.4, 0.5) is 23.1 Å². The summed E-state index contributed by atoms with van der Waals surface area (Å²) >= 11 is 12.1. The molecule has 1 atom stereocenters. The molecule has 0 saturated heterocycles. The molecule has 12 heteroatoms. The molecule has 10 nitrogen and oxygen atoms in total. The predicted octanol–water partition coefficient (Wildman–Crippen LogP) is 4.84. The maximum Gasteiger partial charge on any atom is 0.338 e. The monoisotopic (exact) mass is 543 g/mol. The number of benzene rings is 2. The van der Waals surface area contributed by atoms with Crippen LogP contribution in [0.1, 0.15) is 48.0 Å². The molecule has 0 bridgehead atoms. The van der Waals surface area contributed by atoms with E-state index in [1.807, 2.05) is 6.92 Å². The summed E-state index contributed by atoms with van der Waals surface area (Å²) in [7, 11) is 0. The minimum atomic E-state index is -1.08. The highest BCUT2D eigenvalue weighted by molar-refractivity contribution is 6.36. The van der Waals surface area contributed by atoms with Crippen LogP contribution in [0.2, 0.25) is 10.0 Å². The quantitative estimate of drug-likeness (QED) is 0.235. The molecule has 37 heavy (non-hydrogen) atoms. The van der Waals surface area contributed by atoms with E-state index in [-0.39, 0.29) is 23.8 Å². The van der Waals surface area contributed by atoms with E-state index in [9.17, 15) is 19.2 Å². The number of anilines is 4. The minimum absolute atomic E-state index is 0.0238. The second-order valence-electron chi connectivity index (χ2n) is 8.29. The Morgan fingerprint density at radius 3 is 2.59 bits per heavy atom. The van der Waals surface area contributed by atoms with Crippen LogP contribution in [0, 0.1) is 0 Å². The first-order chi connectivity index (χ1) is 17.7. The number of fused-ring (bicyclic) bond motifs is 1. The van der Waals surface area contributed by atoms with Crippen molar-refractivity contribution < 1.29 is 19.1 Å². The van der Waals surface area contributed by atoms with Crippen LogP contribution in [0.3, 0.4) is 0 Å². The first-order valence-corrected chi connectivity index (χ1v) is 12.2. The smallest absolute Gasteiger partial charge is 0.338 e. The molecule has 0 fully saturated rings. The summed E-state index contributed by atoms with van der Waals surface area (Å²) in [6, 6.07) is 10.9. The van der Waals surface area contributed by atoms with Crippen LogP contribution in [0.25, 0.3) is 0 Å². The van der Waals surface area contributed by atoms with E-state index in [2.05, 4.69) is 25.9 Å². The zero-order valence-electron chi connectivity index (χ0n) is 19.7. The number of esters is 1. The number of nitrogens with one attached hydrogen (secondary N) is 4. The number of aromatic nitrogens is 2. The SMILES string of the molecule is CCCCOC(=O)c1ccc(NC(=O)[C@@H]2CC(=O)Nc3nc(Nc4ccc(Cl)cc4Cl)[nH]c(=O)c32)cc1. The van der Waals surface area contributed by atoms with Crippen molar-refractivity contribution >= 4 is 64.1 Å². The molecule has 2 amide bonds. The van der Waals surface area contributed by atoms with Gasteiger partial charge >= 0.3 is 5.97 Å². The molecule has 4 N–H and O–H groups in total. The maximum atomic E-state index is 13.1. The average molecular weight is 544 g/mol. The number of unbranched alkanes of at least 4 members (excludes halogenated alkanes) is 1. The largest absolute Gasteiger partial charge is 0.462 e. The van der Waals surface area contributed by atoms with Crippen LogP contribution >= 0.6 is 23.2 Å². The second kappa shape index (κ2) is 11.4. The van der Waals surface area contributed by atoms with E-state index in [1.165, 1.54) is 18.2 Å². The standard InChI is InChI=1S/C25H23Cl2N5O5/c1-2-3-10-37-24(36)13-4-7-15(8-5-13)28-22(34)16-12-19(33)30-21-20(16)23(35)32-25(31-21)29-18-9-6-14(26)11-17(18)27/h4-9,11,16H,2-3,10,12H2,1H3,(H,28,34)(H3,29,30,31,32,33,35)/t16-/m1/s1. The van der Waals surface area contributed by atoms with Gasteiger partial charge in [0, 0.05) is 17.1 Å². The van der Waals surface area contributed by atoms with E-state index in [1.54, 1.807) is 24.3 Å². The molecule has 1 aliphatic heterocycles. The van der Waals surface area contributed by atoms with Crippen LogP contribution in [-0.4, -0.2) is 34.4 Å². The van der Waals surface area contributed by atoms with Gasteiger partial charge in [-0.2, -0.15) is 4.98 Å². The summed E-state index contributed by atoms with van der Waals surface area (Å²) in [5.41, 5.74) is 0.604. The van der Waals surface area contributed by atoms with Gasteiger partial charge in [0.25, 0.3) is 5.56 Å². The topological polar surface area (TPSA) is 142 Å². The van der Waals surface area contributed by atoms with Gasteiger partial charge in [-0.1, -0.05) is 36.5 Å². The molecular formula is C25H23Cl2N5O5. The van der Waals surface area contributed by atoms with E-state index < -0.39 is 29.3 Å². The summed E-state index contributed by atoms with van der Waals surface area (Å²) in [5.74, 6) is -2.57. The summed E-state index contributed by atoms with van der Waals surface area (Å²) in [6.07, 6.45) is 1.45. The number of ether oxygens (including phenoxy) is 1. The normalized spacial score (nSPS) is 14.4. The van der Waals surface area contributed by atoms with Crippen LogP contribution in [0.15, 0.2) is 47.3 Å². The third-order valence-corrected chi connectivity index (χ3v) is 6.12. The first kappa shape index (κ1) is 26.2. The van der Waals surface area contributed by atoms with Crippen LogP contribution in [-0.2, 0) is 14.3 Å². The molecular weight excluding hydrogens is 521 g/mol. The summed E-state index contributed by atoms with van der Waals surface area (Å²) < 4.78 is 5.17. The molecule has 0 aliphatic carbocycles. The number of nitrogens with zero attached hydrogens (tertiary/aromatic N) is 1. The van der Waals surface area contributed by atoms with Crippen molar-refractivity contribution in [2.24, 2.45) is 0 Å². The number of carbonyl (C=O) groups excluding carboxylic acids is 3. The Bertz CT molecular complexity index is 1410. The number of rotatable bonds is 8. The average Bonchev–Trinajstić information content (AvgIpc) is 2.85. The summed E-state index contributed by atoms with van der Waals surface area (Å²) in [5, 5.41) is 8.84. The highest BCUT2D eigenvalue weighted by atomic mass is 35.5. The second-order valence-corrected chi connectivity index (χ2v) is 9.13. The number of H-pyrrole nitrogens is 1. The zero-order chi connectivity index (χ0) is 26.5. The van der Waals surface area contributed by atoms with Gasteiger partial charge in [0.1, 0.15) is 5.82 Å². The van der Waals surface area contributed by atoms with Crippen molar-refractivity contribution in [2.75, 3.05) is 22.6 Å². The van der Waals surface area contributed by atoms with Gasteiger partial charge in [-0.3, -0.25) is 19.4 Å². The fourth-order valence-electron chi connectivity index (χ4n) is 3.68. The lowest BCUT2D eigenvalue weighted by molar-refractivity contribution is -0.123. The molecule has 0 saturated carbocycles. The third kappa shape index (κ3) is 6.28. The molecule has 0 radical (unpaired) electrons. The Balaban J connectivity index is 1.51.